The molecule has 0 aliphatic heterocycles. The van der Waals surface area contributed by atoms with Gasteiger partial charge in [-0.15, -0.1) is 5.10 Å². The van der Waals surface area contributed by atoms with Gasteiger partial charge in [-0.1, -0.05) is 11.4 Å². The fraction of sp³-hybridized carbons (Fsp3) is 0.625. The fourth-order valence-electron chi connectivity index (χ4n) is 1.11. The molecule has 0 fully saturated rings. The summed E-state index contributed by atoms with van der Waals surface area (Å²) in [6.07, 6.45) is 2.01. The van der Waals surface area contributed by atoms with Crippen LogP contribution in [-0.2, 0) is 4.79 Å². The van der Waals surface area contributed by atoms with Gasteiger partial charge in [-0.25, -0.2) is 0 Å². The van der Waals surface area contributed by atoms with Crippen LogP contribution in [0.3, 0.4) is 0 Å². The molecule has 6 heteroatoms. The van der Waals surface area contributed by atoms with Gasteiger partial charge >= 0.3 is 0 Å². The number of carbonyl (C=O) groups is 1. The summed E-state index contributed by atoms with van der Waals surface area (Å²) in [5.74, 6) is -0.00972. The first kappa shape index (κ1) is 11.1. The number of aromatic nitrogens is 2. The molecule has 0 spiro atoms. The van der Waals surface area contributed by atoms with Crippen LogP contribution >= 0.6 is 11.5 Å². The Labute approximate surface area is 87.1 Å². The van der Waals surface area contributed by atoms with Crippen LogP contribution in [0.25, 0.3) is 0 Å². The highest BCUT2D eigenvalue weighted by Crippen LogP contribution is 2.09. The van der Waals surface area contributed by atoms with E-state index in [2.05, 4.69) is 20.2 Å². The van der Waals surface area contributed by atoms with Crippen molar-refractivity contribution in [1.29, 1.82) is 0 Å². The number of hydrogen-bond acceptors (Lipinski definition) is 5. The summed E-state index contributed by atoms with van der Waals surface area (Å²) in [6.45, 7) is 4.87. The molecule has 0 aliphatic carbocycles. The summed E-state index contributed by atoms with van der Waals surface area (Å²) in [5.41, 5.74) is 0. The monoisotopic (exact) mass is 214 g/mol. The lowest BCUT2D eigenvalue weighted by Gasteiger charge is -2.10. The van der Waals surface area contributed by atoms with Gasteiger partial charge in [0.05, 0.1) is 6.20 Å². The molecule has 0 aromatic carbocycles. The van der Waals surface area contributed by atoms with E-state index in [1.165, 1.54) is 11.5 Å². The van der Waals surface area contributed by atoms with Crippen LogP contribution in [0, 0.1) is 0 Å². The standard InChI is InChI=1S/C8H14N4OS/c1-3-9-6(2)4-7(13)11-8-5-10-12-14-8/h5-6,9H,3-4H2,1-2H3,(H,11,13). The summed E-state index contributed by atoms with van der Waals surface area (Å²) >= 11 is 1.18. The molecule has 0 bridgehead atoms. The second kappa shape index (κ2) is 5.66. The van der Waals surface area contributed by atoms with Gasteiger partial charge in [-0.3, -0.25) is 4.79 Å². The lowest BCUT2D eigenvalue weighted by Crippen LogP contribution is -2.30. The van der Waals surface area contributed by atoms with E-state index in [0.29, 0.717) is 11.4 Å². The minimum Gasteiger partial charge on any atom is -0.315 e. The highest BCUT2D eigenvalue weighted by Gasteiger charge is 2.08. The first-order chi connectivity index (χ1) is 6.72. The molecule has 1 amide bonds. The van der Waals surface area contributed by atoms with Crippen LogP contribution in [0.2, 0.25) is 0 Å². The van der Waals surface area contributed by atoms with E-state index in [1.54, 1.807) is 6.20 Å². The minimum absolute atomic E-state index is 0.00972. The van der Waals surface area contributed by atoms with Crippen LogP contribution < -0.4 is 10.6 Å². The molecule has 0 radical (unpaired) electrons. The zero-order valence-electron chi connectivity index (χ0n) is 8.28. The third kappa shape index (κ3) is 3.80. The van der Waals surface area contributed by atoms with E-state index >= 15 is 0 Å². The Morgan fingerprint density at radius 3 is 3.07 bits per heavy atom. The summed E-state index contributed by atoms with van der Waals surface area (Å²) in [6, 6.07) is 0.195. The zero-order chi connectivity index (χ0) is 10.4. The summed E-state index contributed by atoms with van der Waals surface area (Å²) in [4.78, 5) is 11.4. The lowest BCUT2D eigenvalue weighted by molar-refractivity contribution is -0.116. The van der Waals surface area contributed by atoms with Gasteiger partial charge in [-0.05, 0) is 13.5 Å². The maximum Gasteiger partial charge on any atom is 0.226 e. The first-order valence-electron chi connectivity index (χ1n) is 4.53. The van der Waals surface area contributed by atoms with Crippen LogP contribution in [-0.4, -0.2) is 28.1 Å². The second-order valence-corrected chi connectivity index (χ2v) is 3.78. The van der Waals surface area contributed by atoms with Crippen LogP contribution in [0.15, 0.2) is 6.20 Å². The van der Waals surface area contributed by atoms with Gasteiger partial charge in [0.15, 0.2) is 0 Å². The number of amides is 1. The normalized spacial score (nSPS) is 12.4. The third-order valence-corrected chi connectivity index (χ3v) is 2.25. The predicted octanol–water partition coefficient (Wildman–Crippen LogP) is 0.865. The molecule has 2 N–H and O–H groups in total. The number of nitrogens with zero attached hydrogens (tertiary/aromatic N) is 2. The van der Waals surface area contributed by atoms with Gasteiger partial charge < -0.3 is 10.6 Å². The molecule has 1 aromatic rings. The molecule has 1 aromatic heterocycles. The van der Waals surface area contributed by atoms with E-state index in [-0.39, 0.29) is 11.9 Å². The molecule has 1 atom stereocenters. The molecule has 1 rings (SSSR count). The lowest BCUT2D eigenvalue weighted by atomic mass is 10.2. The summed E-state index contributed by atoms with van der Waals surface area (Å²) in [5, 5.41) is 10.2. The molecule has 1 unspecified atom stereocenters. The van der Waals surface area contributed by atoms with E-state index in [4.69, 9.17) is 0 Å². The largest absolute Gasteiger partial charge is 0.315 e. The van der Waals surface area contributed by atoms with E-state index in [9.17, 15) is 4.79 Å². The average molecular weight is 214 g/mol. The first-order valence-corrected chi connectivity index (χ1v) is 5.30. The predicted molar refractivity (Wildman–Crippen MR) is 56.3 cm³/mol. The van der Waals surface area contributed by atoms with Gasteiger partial charge in [-0.2, -0.15) is 0 Å². The van der Waals surface area contributed by atoms with Crippen molar-refractivity contribution in [2.75, 3.05) is 11.9 Å². The van der Waals surface area contributed by atoms with Crippen molar-refractivity contribution in [3.8, 4) is 0 Å². The topological polar surface area (TPSA) is 66.9 Å². The number of carbonyl (C=O) groups excluding carboxylic acids is 1. The van der Waals surface area contributed by atoms with Crippen molar-refractivity contribution in [2.45, 2.75) is 26.3 Å². The van der Waals surface area contributed by atoms with E-state index in [1.807, 2.05) is 13.8 Å². The molecular formula is C8H14N4OS. The van der Waals surface area contributed by atoms with Crippen molar-refractivity contribution in [2.24, 2.45) is 0 Å². The molecule has 1 heterocycles. The molecule has 5 nitrogen and oxygen atoms in total. The Morgan fingerprint density at radius 2 is 2.50 bits per heavy atom. The Balaban J connectivity index is 2.29. The molecule has 0 saturated carbocycles. The molecular weight excluding hydrogens is 200 g/mol. The average Bonchev–Trinajstić information content (AvgIpc) is 2.56. The quantitative estimate of drug-likeness (QED) is 0.763. The van der Waals surface area contributed by atoms with Crippen molar-refractivity contribution in [1.82, 2.24) is 14.9 Å². The third-order valence-electron chi connectivity index (χ3n) is 1.67. The molecule has 78 valence electrons. The fourth-order valence-corrected chi connectivity index (χ4v) is 1.55. The Bertz CT molecular complexity index is 275. The van der Waals surface area contributed by atoms with Crippen molar-refractivity contribution in [3.63, 3.8) is 0 Å². The van der Waals surface area contributed by atoms with Crippen LogP contribution in [0.5, 0.6) is 0 Å². The highest BCUT2D eigenvalue weighted by atomic mass is 32.1. The summed E-state index contributed by atoms with van der Waals surface area (Å²) < 4.78 is 3.65. The zero-order valence-corrected chi connectivity index (χ0v) is 9.10. The number of hydrogen-bond donors (Lipinski definition) is 2. The smallest absolute Gasteiger partial charge is 0.226 e. The molecule has 0 saturated heterocycles. The van der Waals surface area contributed by atoms with Crippen molar-refractivity contribution in [3.05, 3.63) is 6.20 Å². The molecule has 14 heavy (non-hydrogen) atoms. The number of nitrogens with one attached hydrogen (secondary N) is 2. The van der Waals surface area contributed by atoms with Gasteiger partial charge in [0.1, 0.15) is 5.00 Å². The number of rotatable bonds is 5. The molecule has 0 aliphatic rings. The Morgan fingerprint density at radius 1 is 1.71 bits per heavy atom. The van der Waals surface area contributed by atoms with Gasteiger partial charge in [0, 0.05) is 24.0 Å². The Kier molecular flexibility index (Phi) is 4.48. The van der Waals surface area contributed by atoms with Gasteiger partial charge in [0.25, 0.3) is 0 Å². The Hall–Kier alpha value is -1.01. The summed E-state index contributed by atoms with van der Waals surface area (Å²) in [7, 11) is 0. The van der Waals surface area contributed by atoms with E-state index < -0.39 is 0 Å². The maximum absolute atomic E-state index is 11.4. The highest BCUT2D eigenvalue weighted by molar-refractivity contribution is 7.10. The van der Waals surface area contributed by atoms with Gasteiger partial charge in [0.2, 0.25) is 5.91 Å². The maximum atomic E-state index is 11.4. The minimum atomic E-state index is -0.00972. The van der Waals surface area contributed by atoms with Crippen molar-refractivity contribution < 1.29 is 4.79 Å². The second-order valence-electron chi connectivity index (χ2n) is 2.99. The van der Waals surface area contributed by atoms with E-state index in [0.717, 1.165) is 6.54 Å². The van der Waals surface area contributed by atoms with Crippen LogP contribution in [0.1, 0.15) is 20.3 Å². The SMILES string of the molecule is CCNC(C)CC(=O)Nc1cnns1. The van der Waals surface area contributed by atoms with Crippen LogP contribution in [0.4, 0.5) is 5.00 Å². The number of anilines is 1. The van der Waals surface area contributed by atoms with Crippen molar-refractivity contribution >= 4 is 22.4 Å².